The van der Waals surface area contributed by atoms with Gasteiger partial charge in [0.05, 0.1) is 18.0 Å². The van der Waals surface area contributed by atoms with E-state index in [1.54, 1.807) is 11.7 Å². The van der Waals surface area contributed by atoms with Crippen LogP contribution >= 0.6 is 0 Å². The van der Waals surface area contributed by atoms with Crippen molar-refractivity contribution in [2.24, 2.45) is 0 Å². The van der Waals surface area contributed by atoms with Gasteiger partial charge >= 0.3 is 5.63 Å². The molecule has 10 heteroatoms. The summed E-state index contributed by atoms with van der Waals surface area (Å²) in [5, 5.41) is 8.20. The maximum absolute atomic E-state index is 12.5. The number of aromatic nitrogens is 3. The van der Waals surface area contributed by atoms with E-state index in [0.29, 0.717) is 29.9 Å². The highest BCUT2D eigenvalue weighted by Crippen LogP contribution is 2.17. The molecule has 0 aliphatic heterocycles. The maximum atomic E-state index is 12.5. The number of ether oxygens (including phenoxy) is 1. The van der Waals surface area contributed by atoms with Gasteiger partial charge in [-0.3, -0.25) is 0 Å². The normalized spacial score (nSPS) is 11.9. The van der Waals surface area contributed by atoms with Crippen LogP contribution in [-0.2, 0) is 27.8 Å². The molecule has 1 N–H and O–H groups in total. The molecule has 0 fully saturated rings. The molecule has 25 heavy (non-hydrogen) atoms. The summed E-state index contributed by atoms with van der Waals surface area (Å²) in [6, 6.07) is 7.03. The standard InChI is InChI=1S/C15H16N4O5S/c1-23-7-6-19-10-16-18-14(19)9-17-25(21,22)12-3-4-13-11(8-12)2-5-15(20)24-13/h2-5,8,10,17H,6-7,9H2,1H3. The SMILES string of the molecule is COCCn1cnnc1CNS(=O)(=O)c1ccc2oc(=O)ccc2c1. The van der Waals surface area contributed by atoms with Crippen molar-refractivity contribution in [2.75, 3.05) is 13.7 Å². The topological polar surface area (TPSA) is 116 Å². The van der Waals surface area contributed by atoms with E-state index in [4.69, 9.17) is 9.15 Å². The number of rotatable bonds is 7. The van der Waals surface area contributed by atoms with Crippen LogP contribution in [0.2, 0.25) is 0 Å². The van der Waals surface area contributed by atoms with Crippen LogP contribution in [0.4, 0.5) is 0 Å². The fraction of sp³-hybridized carbons (Fsp3) is 0.267. The summed E-state index contributed by atoms with van der Waals surface area (Å²) >= 11 is 0. The highest BCUT2D eigenvalue weighted by atomic mass is 32.2. The second-order valence-corrected chi connectivity index (χ2v) is 6.98. The highest BCUT2D eigenvalue weighted by Gasteiger charge is 2.16. The number of hydrogen-bond donors (Lipinski definition) is 1. The molecule has 0 atom stereocenters. The number of nitrogens with one attached hydrogen (secondary N) is 1. The molecule has 0 radical (unpaired) electrons. The quantitative estimate of drug-likeness (QED) is 0.607. The zero-order valence-corrected chi connectivity index (χ0v) is 14.2. The van der Waals surface area contributed by atoms with Crippen molar-refractivity contribution in [1.29, 1.82) is 0 Å². The Balaban J connectivity index is 1.79. The van der Waals surface area contributed by atoms with Crippen molar-refractivity contribution in [3.8, 4) is 0 Å². The second-order valence-electron chi connectivity index (χ2n) is 5.21. The van der Waals surface area contributed by atoms with Crippen LogP contribution in [0.25, 0.3) is 11.0 Å². The molecule has 0 aliphatic rings. The molecule has 1 aromatic carbocycles. The fourth-order valence-electron chi connectivity index (χ4n) is 2.25. The third kappa shape index (κ3) is 3.92. The molecule has 9 nitrogen and oxygen atoms in total. The Hall–Kier alpha value is -2.56. The van der Waals surface area contributed by atoms with Gasteiger partial charge in [0, 0.05) is 25.1 Å². The Morgan fingerprint density at radius 2 is 2.12 bits per heavy atom. The van der Waals surface area contributed by atoms with E-state index in [2.05, 4.69) is 14.9 Å². The lowest BCUT2D eigenvalue weighted by molar-refractivity contribution is 0.186. The molecular weight excluding hydrogens is 348 g/mol. The predicted octanol–water partition coefficient (Wildman–Crippen LogP) is 0.509. The van der Waals surface area contributed by atoms with Crippen molar-refractivity contribution in [2.45, 2.75) is 18.0 Å². The first kappa shape index (κ1) is 17.3. The van der Waals surface area contributed by atoms with Crippen LogP contribution in [0.1, 0.15) is 5.82 Å². The monoisotopic (exact) mass is 364 g/mol. The first-order valence-electron chi connectivity index (χ1n) is 7.39. The molecule has 132 valence electrons. The van der Waals surface area contributed by atoms with Gasteiger partial charge in [0.1, 0.15) is 17.7 Å². The molecule has 0 aliphatic carbocycles. The minimum atomic E-state index is -3.76. The summed E-state index contributed by atoms with van der Waals surface area (Å²) in [4.78, 5) is 11.3. The van der Waals surface area contributed by atoms with E-state index in [-0.39, 0.29) is 11.4 Å². The van der Waals surface area contributed by atoms with Gasteiger partial charge in [0.2, 0.25) is 10.0 Å². The highest BCUT2D eigenvalue weighted by molar-refractivity contribution is 7.89. The molecule has 0 unspecified atom stereocenters. The Labute approximate surface area is 143 Å². The summed E-state index contributed by atoms with van der Waals surface area (Å²) in [6.07, 6.45) is 1.51. The van der Waals surface area contributed by atoms with Gasteiger partial charge in [-0.15, -0.1) is 10.2 Å². The van der Waals surface area contributed by atoms with Gasteiger partial charge in [-0.25, -0.2) is 17.9 Å². The Kier molecular flexibility index (Phi) is 4.93. The minimum absolute atomic E-state index is 0.00599. The van der Waals surface area contributed by atoms with Gasteiger partial charge in [0.25, 0.3) is 0 Å². The number of methoxy groups -OCH3 is 1. The number of nitrogens with zero attached hydrogens (tertiary/aromatic N) is 3. The van der Waals surface area contributed by atoms with Gasteiger partial charge in [-0.2, -0.15) is 0 Å². The molecule has 2 aromatic heterocycles. The molecule has 3 rings (SSSR count). The molecule has 0 bridgehead atoms. The van der Waals surface area contributed by atoms with Crippen LogP contribution in [0.3, 0.4) is 0 Å². The van der Waals surface area contributed by atoms with Crippen LogP contribution in [-0.4, -0.2) is 36.9 Å². The van der Waals surface area contributed by atoms with E-state index in [1.165, 1.54) is 36.7 Å². The van der Waals surface area contributed by atoms with E-state index in [9.17, 15) is 13.2 Å². The lowest BCUT2D eigenvalue weighted by atomic mass is 10.2. The average molecular weight is 364 g/mol. The maximum Gasteiger partial charge on any atom is 0.336 e. The van der Waals surface area contributed by atoms with Crippen LogP contribution in [0.5, 0.6) is 0 Å². The first-order valence-corrected chi connectivity index (χ1v) is 8.87. The summed E-state index contributed by atoms with van der Waals surface area (Å²) in [5.74, 6) is 0.479. The largest absolute Gasteiger partial charge is 0.423 e. The molecular formula is C15H16N4O5S. The Bertz CT molecular complexity index is 1040. The van der Waals surface area contributed by atoms with Crippen molar-refractivity contribution in [1.82, 2.24) is 19.5 Å². The number of fused-ring (bicyclic) bond motifs is 1. The third-order valence-electron chi connectivity index (χ3n) is 3.55. The van der Waals surface area contributed by atoms with Crippen LogP contribution in [0, 0.1) is 0 Å². The van der Waals surface area contributed by atoms with Crippen LogP contribution in [0.15, 0.2) is 50.8 Å². The van der Waals surface area contributed by atoms with Crippen molar-refractivity contribution in [3.05, 3.63) is 52.9 Å². The van der Waals surface area contributed by atoms with E-state index < -0.39 is 15.6 Å². The molecule has 3 aromatic rings. The van der Waals surface area contributed by atoms with Gasteiger partial charge in [0.15, 0.2) is 0 Å². The predicted molar refractivity (Wildman–Crippen MR) is 88.4 cm³/mol. The smallest absolute Gasteiger partial charge is 0.336 e. The van der Waals surface area contributed by atoms with Crippen LogP contribution < -0.4 is 10.3 Å². The number of benzene rings is 1. The summed E-state index contributed by atoms with van der Waals surface area (Å²) in [5.41, 5.74) is -0.164. The molecule has 0 saturated carbocycles. The molecule has 2 heterocycles. The van der Waals surface area contributed by atoms with E-state index in [0.717, 1.165) is 0 Å². The molecule has 0 amide bonds. The molecule has 0 spiro atoms. The molecule has 0 saturated heterocycles. The fourth-order valence-corrected chi connectivity index (χ4v) is 3.27. The lowest BCUT2D eigenvalue weighted by Gasteiger charge is -2.09. The minimum Gasteiger partial charge on any atom is -0.423 e. The van der Waals surface area contributed by atoms with E-state index in [1.807, 2.05) is 0 Å². The van der Waals surface area contributed by atoms with Crippen molar-refractivity contribution < 1.29 is 17.6 Å². The first-order chi connectivity index (χ1) is 12.0. The second kappa shape index (κ2) is 7.13. The van der Waals surface area contributed by atoms with Crippen molar-refractivity contribution in [3.63, 3.8) is 0 Å². The van der Waals surface area contributed by atoms with Gasteiger partial charge < -0.3 is 13.7 Å². The lowest BCUT2D eigenvalue weighted by Crippen LogP contribution is -2.25. The third-order valence-corrected chi connectivity index (χ3v) is 4.95. The summed E-state index contributed by atoms with van der Waals surface area (Å²) in [6.45, 7) is 0.983. The Morgan fingerprint density at radius 3 is 2.92 bits per heavy atom. The zero-order valence-electron chi connectivity index (χ0n) is 13.4. The summed E-state index contributed by atoms with van der Waals surface area (Å²) < 4.78 is 39.1. The van der Waals surface area contributed by atoms with Gasteiger partial charge in [-0.1, -0.05) is 0 Å². The Morgan fingerprint density at radius 1 is 1.28 bits per heavy atom. The van der Waals surface area contributed by atoms with E-state index >= 15 is 0 Å². The van der Waals surface area contributed by atoms with Gasteiger partial charge in [-0.05, 0) is 24.3 Å². The average Bonchev–Trinajstić information content (AvgIpc) is 3.05. The summed E-state index contributed by atoms with van der Waals surface area (Å²) in [7, 11) is -2.18. The zero-order chi connectivity index (χ0) is 17.9. The number of sulfonamides is 1. The number of hydrogen-bond acceptors (Lipinski definition) is 7. The van der Waals surface area contributed by atoms with Crippen molar-refractivity contribution >= 4 is 21.0 Å².